The first-order chi connectivity index (χ1) is 5.10. The van der Waals surface area contributed by atoms with Crippen LogP contribution in [-0.4, -0.2) is 23.4 Å². The Morgan fingerprint density at radius 2 is 2.17 bits per heavy atom. The van der Waals surface area contributed by atoms with Gasteiger partial charge in [0.25, 0.3) is 0 Å². The van der Waals surface area contributed by atoms with Crippen molar-refractivity contribution in [1.29, 1.82) is 0 Å². The molecule has 0 rings (SSSR count). The van der Waals surface area contributed by atoms with Crippen LogP contribution in [0.1, 0.15) is 20.3 Å². The number of hydrazine groups is 1. The summed E-state index contributed by atoms with van der Waals surface area (Å²) in [4.78, 5) is 10.9. The number of nitrogens with one attached hydrogen (secondary N) is 1. The Morgan fingerprint density at radius 3 is 2.42 bits per heavy atom. The van der Waals surface area contributed by atoms with Crippen LogP contribution >= 0.6 is 12.4 Å². The smallest absolute Gasteiger partial charge is 0.354 e. The van der Waals surface area contributed by atoms with E-state index in [1.807, 2.05) is 5.43 Å². The number of hydrogen-bond donors (Lipinski definition) is 3. The normalized spacial score (nSPS) is 14.3. The monoisotopic (exact) mass is 198 g/mol. The van der Waals surface area contributed by atoms with Gasteiger partial charge in [0.2, 0.25) is 5.72 Å². The van der Waals surface area contributed by atoms with Crippen molar-refractivity contribution in [2.24, 2.45) is 5.84 Å². The van der Waals surface area contributed by atoms with E-state index in [1.54, 1.807) is 13.8 Å². The van der Waals surface area contributed by atoms with Gasteiger partial charge in [-0.15, -0.1) is 12.4 Å². The molecular formula is C6H15ClN2O3. The molecule has 0 aliphatic carbocycles. The summed E-state index contributed by atoms with van der Waals surface area (Å²) in [6.45, 7) is 3.50. The number of ether oxygens (including phenoxy) is 1. The van der Waals surface area contributed by atoms with Crippen LogP contribution in [-0.2, 0) is 9.53 Å². The van der Waals surface area contributed by atoms with Gasteiger partial charge in [-0.1, -0.05) is 6.92 Å². The van der Waals surface area contributed by atoms with Crippen LogP contribution in [0, 0.1) is 0 Å². The number of hydrogen-bond acceptors (Lipinski definition) is 5. The highest BCUT2D eigenvalue weighted by molar-refractivity contribution is 5.85. The summed E-state index contributed by atoms with van der Waals surface area (Å²) in [6, 6.07) is 0. The summed E-state index contributed by atoms with van der Waals surface area (Å²) < 4.78 is 4.56. The highest BCUT2D eigenvalue weighted by Gasteiger charge is 2.33. The summed E-state index contributed by atoms with van der Waals surface area (Å²) in [5.41, 5.74) is 0.254. The number of carbonyl (C=O) groups is 1. The summed E-state index contributed by atoms with van der Waals surface area (Å²) in [6.07, 6.45) is 0.169. The molecule has 0 aromatic rings. The first-order valence-corrected chi connectivity index (χ1v) is 3.48. The Bertz CT molecular complexity index is 139. The van der Waals surface area contributed by atoms with E-state index in [0.29, 0.717) is 0 Å². The van der Waals surface area contributed by atoms with Crippen molar-refractivity contribution in [2.45, 2.75) is 26.0 Å². The van der Waals surface area contributed by atoms with Gasteiger partial charge in [0, 0.05) is 0 Å². The van der Waals surface area contributed by atoms with Crippen molar-refractivity contribution in [3.8, 4) is 0 Å². The summed E-state index contributed by atoms with van der Waals surface area (Å²) in [7, 11) is 0. The SMILES string of the molecule is CCOC(=O)C(O)(CC)NN.Cl. The van der Waals surface area contributed by atoms with E-state index in [2.05, 4.69) is 4.74 Å². The van der Waals surface area contributed by atoms with Crippen LogP contribution in [0.2, 0.25) is 0 Å². The lowest BCUT2D eigenvalue weighted by Gasteiger charge is -2.22. The zero-order valence-electron chi connectivity index (χ0n) is 7.16. The molecule has 0 radical (unpaired) electrons. The maximum atomic E-state index is 10.9. The lowest BCUT2D eigenvalue weighted by Crippen LogP contribution is -2.55. The number of halogens is 1. The van der Waals surface area contributed by atoms with Crippen LogP contribution in [0.5, 0.6) is 0 Å². The molecule has 0 heterocycles. The molecule has 12 heavy (non-hydrogen) atoms. The second-order valence-electron chi connectivity index (χ2n) is 2.08. The third kappa shape index (κ3) is 3.36. The Labute approximate surface area is 77.6 Å². The van der Waals surface area contributed by atoms with Crippen LogP contribution in [0.15, 0.2) is 0 Å². The van der Waals surface area contributed by atoms with E-state index in [-0.39, 0.29) is 25.4 Å². The van der Waals surface area contributed by atoms with Crippen molar-refractivity contribution in [3.63, 3.8) is 0 Å². The minimum absolute atomic E-state index is 0. The highest BCUT2D eigenvalue weighted by Crippen LogP contribution is 2.05. The molecule has 6 heteroatoms. The molecule has 0 aromatic heterocycles. The zero-order valence-corrected chi connectivity index (χ0v) is 7.98. The maximum Gasteiger partial charge on any atom is 0.354 e. The molecule has 0 spiro atoms. The van der Waals surface area contributed by atoms with Gasteiger partial charge >= 0.3 is 5.97 Å². The molecule has 0 aliphatic heterocycles. The van der Waals surface area contributed by atoms with Gasteiger partial charge in [-0.2, -0.15) is 0 Å². The first-order valence-electron chi connectivity index (χ1n) is 3.48. The molecule has 74 valence electrons. The number of nitrogens with two attached hydrogens (primary N) is 1. The van der Waals surface area contributed by atoms with E-state index >= 15 is 0 Å². The van der Waals surface area contributed by atoms with Gasteiger partial charge in [-0.3, -0.25) is 5.84 Å². The van der Waals surface area contributed by atoms with Gasteiger partial charge in [-0.05, 0) is 13.3 Å². The average molecular weight is 199 g/mol. The van der Waals surface area contributed by atoms with Gasteiger partial charge in [0.15, 0.2) is 0 Å². The number of esters is 1. The van der Waals surface area contributed by atoms with Crippen LogP contribution < -0.4 is 11.3 Å². The predicted molar refractivity (Wildman–Crippen MR) is 46.4 cm³/mol. The molecule has 0 saturated carbocycles. The van der Waals surface area contributed by atoms with E-state index in [4.69, 9.17) is 5.84 Å². The molecule has 4 N–H and O–H groups in total. The van der Waals surface area contributed by atoms with Gasteiger partial charge < -0.3 is 9.84 Å². The quantitative estimate of drug-likeness (QED) is 0.246. The van der Waals surface area contributed by atoms with Crippen molar-refractivity contribution in [2.75, 3.05) is 6.61 Å². The Morgan fingerprint density at radius 1 is 1.67 bits per heavy atom. The van der Waals surface area contributed by atoms with Crippen LogP contribution in [0.4, 0.5) is 0 Å². The molecule has 5 nitrogen and oxygen atoms in total. The van der Waals surface area contributed by atoms with Crippen LogP contribution in [0.3, 0.4) is 0 Å². The third-order valence-corrected chi connectivity index (χ3v) is 1.36. The number of rotatable bonds is 4. The molecule has 0 saturated heterocycles. The Hall–Kier alpha value is -0.360. The Balaban J connectivity index is 0. The molecule has 0 aromatic carbocycles. The third-order valence-electron chi connectivity index (χ3n) is 1.36. The molecule has 0 aliphatic rings. The summed E-state index contributed by atoms with van der Waals surface area (Å²) in [5.74, 6) is 4.20. The standard InChI is InChI=1S/C6H14N2O3.ClH/c1-3-6(10,8-7)5(9)11-4-2;/h8,10H,3-4,7H2,1-2H3;1H. The lowest BCUT2D eigenvalue weighted by molar-refractivity contribution is -0.169. The molecule has 0 bridgehead atoms. The van der Waals surface area contributed by atoms with Crippen molar-refractivity contribution < 1.29 is 14.6 Å². The highest BCUT2D eigenvalue weighted by atomic mass is 35.5. The van der Waals surface area contributed by atoms with Crippen molar-refractivity contribution in [3.05, 3.63) is 0 Å². The van der Waals surface area contributed by atoms with E-state index in [0.717, 1.165) is 0 Å². The van der Waals surface area contributed by atoms with Gasteiger partial charge in [-0.25, -0.2) is 10.2 Å². The summed E-state index contributed by atoms with van der Waals surface area (Å²) >= 11 is 0. The molecule has 1 atom stereocenters. The number of aliphatic hydroxyl groups is 1. The number of carbonyl (C=O) groups excluding carboxylic acids is 1. The van der Waals surface area contributed by atoms with Crippen molar-refractivity contribution >= 4 is 18.4 Å². The minimum atomic E-state index is -1.74. The van der Waals surface area contributed by atoms with E-state index < -0.39 is 11.7 Å². The van der Waals surface area contributed by atoms with Gasteiger partial charge in [0.05, 0.1) is 6.61 Å². The summed E-state index contributed by atoms with van der Waals surface area (Å²) in [5, 5.41) is 9.32. The van der Waals surface area contributed by atoms with Crippen molar-refractivity contribution in [1.82, 2.24) is 5.43 Å². The fraction of sp³-hybridized carbons (Fsp3) is 0.833. The molecule has 0 fully saturated rings. The lowest BCUT2D eigenvalue weighted by atomic mass is 10.2. The van der Waals surface area contributed by atoms with Gasteiger partial charge in [0.1, 0.15) is 0 Å². The second kappa shape index (κ2) is 6.19. The molecular weight excluding hydrogens is 184 g/mol. The molecule has 0 amide bonds. The molecule has 1 unspecified atom stereocenters. The van der Waals surface area contributed by atoms with Crippen LogP contribution in [0.25, 0.3) is 0 Å². The van der Waals surface area contributed by atoms with E-state index in [9.17, 15) is 9.90 Å². The fourth-order valence-corrected chi connectivity index (χ4v) is 0.556. The minimum Gasteiger partial charge on any atom is -0.463 e. The topological polar surface area (TPSA) is 84.6 Å². The largest absolute Gasteiger partial charge is 0.463 e. The second-order valence-corrected chi connectivity index (χ2v) is 2.08. The maximum absolute atomic E-state index is 10.9. The first kappa shape index (κ1) is 14.2. The average Bonchev–Trinajstić information content (AvgIpc) is 2.03. The Kier molecular flexibility index (Phi) is 7.31. The fourth-order valence-electron chi connectivity index (χ4n) is 0.556. The zero-order chi connectivity index (χ0) is 8.91. The predicted octanol–water partition coefficient (Wildman–Crippen LogP) is -0.467. The van der Waals surface area contributed by atoms with E-state index in [1.165, 1.54) is 0 Å².